The second-order valence-electron chi connectivity index (χ2n) is 11.9. The largest absolute Gasteiger partial charge is 0.177 e. The molecule has 1 aromatic carbocycles. The van der Waals surface area contributed by atoms with Crippen LogP contribution in [-0.2, 0) is 71.8 Å². The Morgan fingerprint density at radius 3 is 1.34 bits per heavy atom. The van der Waals surface area contributed by atoms with E-state index in [-0.39, 0.29) is 65.4 Å². The van der Waals surface area contributed by atoms with Gasteiger partial charge in [0.1, 0.15) is 0 Å². The summed E-state index contributed by atoms with van der Waals surface area (Å²) < 4.78 is 0. The summed E-state index contributed by atoms with van der Waals surface area (Å²) in [5.74, 6) is 6.18. The molecule has 3 saturated carbocycles. The third kappa shape index (κ3) is 9.47. The third-order valence-corrected chi connectivity index (χ3v) is 9.12. The minimum atomic E-state index is 0. The summed E-state index contributed by atoms with van der Waals surface area (Å²) >= 11 is 0. The number of rotatable bonds is 6. The van der Waals surface area contributed by atoms with E-state index in [4.69, 9.17) is 0 Å². The quantitative estimate of drug-likeness (QED) is 0.293. The first-order chi connectivity index (χ1) is 14.5. The molecule has 3 aliphatic rings. The molecule has 3 fully saturated rings. The molecule has 0 heterocycles. The van der Waals surface area contributed by atoms with Gasteiger partial charge in [-0.25, -0.2) is 0 Å². The van der Waals surface area contributed by atoms with Crippen molar-refractivity contribution < 1.29 is 65.4 Å². The molecule has 2 heteroatoms. The van der Waals surface area contributed by atoms with E-state index < -0.39 is 0 Å². The minimum absolute atomic E-state index is 0. The van der Waals surface area contributed by atoms with Gasteiger partial charge < -0.3 is 0 Å². The zero-order valence-corrected chi connectivity index (χ0v) is 27.1. The van der Waals surface area contributed by atoms with Crippen LogP contribution in [0.2, 0.25) is 0 Å². The van der Waals surface area contributed by atoms with E-state index in [2.05, 4.69) is 39.0 Å². The summed E-state index contributed by atoms with van der Waals surface area (Å²) in [7, 11) is 0. The topological polar surface area (TPSA) is 0 Å². The van der Waals surface area contributed by atoms with Gasteiger partial charge >= 0.3 is 0 Å². The van der Waals surface area contributed by atoms with Crippen LogP contribution in [0.1, 0.15) is 114 Å². The SMILES string of the molecule is Cc1[c-]c(C)cc(CC2CCC(CC3CCC(CC4CCC(C)CC4)CC3)CC2)c1.[Y].[Y]. The van der Waals surface area contributed by atoms with Crippen molar-refractivity contribution in [2.45, 2.75) is 117 Å². The predicted octanol–water partition coefficient (Wildman–Crippen LogP) is 8.86. The molecule has 0 aromatic heterocycles. The molecule has 1 aromatic rings. The summed E-state index contributed by atoms with van der Waals surface area (Å²) in [5.41, 5.74) is 4.18. The molecule has 0 bridgehead atoms. The fourth-order valence-electron chi connectivity index (χ4n) is 7.31. The molecule has 0 aliphatic heterocycles. The van der Waals surface area contributed by atoms with E-state index in [0.717, 1.165) is 35.5 Å². The van der Waals surface area contributed by atoms with Gasteiger partial charge in [0.15, 0.2) is 0 Å². The van der Waals surface area contributed by atoms with Crippen molar-refractivity contribution in [1.29, 1.82) is 0 Å². The molecule has 0 atom stereocenters. The Balaban J connectivity index is 0.00000181. The van der Waals surface area contributed by atoms with Crippen LogP contribution in [0.25, 0.3) is 0 Å². The molecule has 0 amide bonds. The van der Waals surface area contributed by atoms with E-state index >= 15 is 0 Å². The summed E-state index contributed by atoms with van der Waals surface area (Å²) in [6, 6.07) is 8.16. The van der Waals surface area contributed by atoms with Crippen LogP contribution in [0.5, 0.6) is 0 Å². The Bertz CT molecular complexity index is 625. The molecule has 0 unspecified atom stereocenters. The zero-order valence-electron chi connectivity index (χ0n) is 21.4. The molecule has 0 N–H and O–H groups in total. The molecule has 32 heavy (non-hydrogen) atoms. The molecule has 2 radical (unpaired) electrons. The van der Waals surface area contributed by atoms with Crippen molar-refractivity contribution >= 4 is 0 Å². The minimum Gasteiger partial charge on any atom is -0.177 e. The number of aryl methyl sites for hydroxylation is 2. The maximum Gasteiger partial charge on any atom is 0 e. The normalized spacial score (nSPS) is 33.1. The molecular weight excluding hydrogens is 538 g/mol. The maximum atomic E-state index is 3.43. The zero-order chi connectivity index (χ0) is 20.9. The first kappa shape index (κ1) is 29.7. The smallest absolute Gasteiger partial charge is 0 e. The van der Waals surface area contributed by atoms with Gasteiger partial charge in [0.25, 0.3) is 0 Å². The van der Waals surface area contributed by atoms with Crippen LogP contribution in [0.4, 0.5) is 0 Å². The van der Waals surface area contributed by atoms with E-state index in [9.17, 15) is 0 Å². The van der Waals surface area contributed by atoms with Gasteiger partial charge in [-0.15, -0.1) is 0 Å². The van der Waals surface area contributed by atoms with Crippen LogP contribution in [0.3, 0.4) is 0 Å². The first-order valence-electron chi connectivity index (χ1n) is 13.5. The average Bonchev–Trinajstić information content (AvgIpc) is 2.72. The molecule has 0 saturated heterocycles. The Morgan fingerprint density at radius 1 is 0.594 bits per heavy atom. The van der Waals surface area contributed by atoms with Crippen LogP contribution in [0, 0.1) is 55.4 Å². The fraction of sp³-hybridized carbons (Fsp3) is 0.800. The van der Waals surface area contributed by atoms with Crippen molar-refractivity contribution in [3.63, 3.8) is 0 Å². The Hall–Kier alpha value is 1.43. The predicted molar refractivity (Wildman–Crippen MR) is 130 cm³/mol. The maximum absolute atomic E-state index is 3.43. The number of hydrogen-bond acceptors (Lipinski definition) is 0. The van der Waals surface area contributed by atoms with Gasteiger partial charge in [0, 0.05) is 65.4 Å². The van der Waals surface area contributed by atoms with Gasteiger partial charge in [-0.05, 0) is 67.6 Å². The van der Waals surface area contributed by atoms with Crippen LogP contribution >= 0.6 is 0 Å². The Kier molecular flexibility index (Phi) is 13.8. The van der Waals surface area contributed by atoms with Gasteiger partial charge in [-0.1, -0.05) is 85.0 Å². The van der Waals surface area contributed by atoms with E-state index in [0.29, 0.717) is 0 Å². The molecule has 0 nitrogen and oxygen atoms in total. The fourth-order valence-corrected chi connectivity index (χ4v) is 7.31. The average molecular weight is 586 g/mol. The van der Waals surface area contributed by atoms with E-state index in [1.807, 2.05) is 0 Å². The molecule has 174 valence electrons. The standard InChI is InChI=1S/C30H47.2Y/c1-22-4-6-25(7-5-22)19-26-8-10-27(11-9-26)20-28-12-14-29(15-13-28)21-30-17-23(2)16-24(3)18-30;;/h17-18,22,25-29H,4-15,19-21H2,1-3H3;;/q-1;;. The van der Waals surface area contributed by atoms with Gasteiger partial charge in [0.05, 0.1) is 0 Å². The van der Waals surface area contributed by atoms with Crippen molar-refractivity contribution in [3.05, 3.63) is 34.9 Å². The van der Waals surface area contributed by atoms with Crippen LogP contribution < -0.4 is 0 Å². The Morgan fingerprint density at radius 2 is 0.938 bits per heavy atom. The summed E-state index contributed by atoms with van der Waals surface area (Å²) in [6.45, 7) is 6.84. The van der Waals surface area contributed by atoms with Crippen molar-refractivity contribution in [3.8, 4) is 0 Å². The number of benzene rings is 1. The molecular formula is C30H47Y2-. The molecule has 3 aliphatic carbocycles. The monoisotopic (exact) mass is 585 g/mol. The van der Waals surface area contributed by atoms with Gasteiger partial charge in [-0.3, -0.25) is 0 Å². The molecule has 0 spiro atoms. The van der Waals surface area contributed by atoms with Crippen molar-refractivity contribution in [2.24, 2.45) is 35.5 Å². The molecule has 4 rings (SSSR count). The van der Waals surface area contributed by atoms with E-state index in [1.165, 1.54) is 68.9 Å². The van der Waals surface area contributed by atoms with Crippen LogP contribution in [-0.4, -0.2) is 0 Å². The van der Waals surface area contributed by atoms with Gasteiger partial charge in [-0.2, -0.15) is 34.9 Å². The first-order valence-corrected chi connectivity index (χ1v) is 13.5. The number of hydrogen-bond donors (Lipinski definition) is 0. The van der Waals surface area contributed by atoms with Gasteiger partial charge in [0.2, 0.25) is 0 Å². The van der Waals surface area contributed by atoms with Crippen LogP contribution in [0.15, 0.2) is 12.1 Å². The van der Waals surface area contributed by atoms with Crippen molar-refractivity contribution in [1.82, 2.24) is 0 Å². The second kappa shape index (κ2) is 14.9. The summed E-state index contributed by atoms with van der Waals surface area (Å²) in [6.07, 6.45) is 22.6. The summed E-state index contributed by atoms with van der Waals surface area (Å²) in [4.78, 5) is 0. The van der Waals surface area contributed by atoms with Crippen molar-refractivity contribution in [2.75, 3.05) is 0 Å². The third-order valence-electron chi connectivity index (χ3n) is 9.12. The van der Waals surface area contributed by atoms with E-state index in [1.54, 1.807) is 44.1 Å². The Labute approximate surface area is 250 Å². The second-order valence-corrected chi connectivity index (χ2v) is 11.9. The summed E-state index contributed by atoms with van der Waals surface area (Å²) in [5, 5.41) is 0.